The van der Waals surface area contributed by atoms with Crippen molar-refractivity contribution >= 4 is 10.2 Å². The fourth-order valence-electron chi connectivity index (χ4n) is 4.10. The summed E-state index contributed by atoms with van der Waals surface area (Å²) >= 11 is 0. The first-order valence-electron chi connectivity index (χ1n) is 10.3. The van der Waals surface area contributed by atoms with E-state index in [1.165, 1.54) is 10.4 Å². The molecule has 2 unspecified atom stereocenters. The van der Waals surface area contributed by atoms with Gasteiger partial charge in [0.2, 0.25) is 5.89 Å². The minimum atomic E-state index is -4.00. The topological polar surface area (TPSA) is 129 Å². The summed E-state index contributed by atoms with van der Waals surface area (Å²) in [5.41, 5.74) is 1.87. The second kappa shape index (κ2) is 9.19. The van der Waals surface area contributed by atoms with E-state index < -0.39 is 39.8 Å². The zero-order valence-electron chi connectivity index (χ0n) is 18.1. The summed E-state index contributed by atoms with van der Waals surface area (Å²) in [7, 11) is -4.00. The second-order valence-corrected chi connectivity index (χ2v) is 9.92. The lowest BCUT2D eigenvalue weighted by Crippen LogP contribution is -2.48. The number of benzene rings is 1. The minimum absolute atomic E-state index is 0.0366. The molecule has 3 rings (SSSR count). The predicted octanol–water partition coefficient (Wildman–Crippen LogP) is 1.89. The average molecular weight is 457 g/mol. The number of aryl methyl sites for hydroxylation is 1. The van der Waals surface area contributed by atoms with Crippen LogP contribution in [0, 0.1) is 25.6 Å². The highest BCUT2D eigenvalue weighted by Crippen LogP contribution is 2.35. The standard InChI is InChI=1S/C20H29FN4O5S/c1-11-5-6-16(21)17(12(11)2)13(3)18(19-22-23-20(27)30-19)24-31(28,29)25-9-7-15(8-10-25)14(4)26/h5-6,13-15,18,24,26H,7-10H2,1-4H3,(H,23,27)/t13?,14?,18-/m0/s1. The van der Waals surface area contributed by atoms with Crippen LogP contribution in [0.4, 0.5) is 4.39 Å². The molecule has 1 saturated heterocycles. The van der Waals surface area contributed by atoms with Crippen LogP contribution in [-0.2, 0) is 10.2 Å². The van der Waals surface area contributed by atoms with E-state index in [9.17, 15) is 22.7 Å². The van der Waals surface area contributed by atoms with Crippen LogP contribution in [-0.4, -0.2) is 47.2 Å². The normalized spacial score (nSPS) is 19.3. The number of hydrogen-bond donors (Lipinski definition) is 3. The van der Waals surface area contributed by atoms with Crippen molar-refractivity contribution in [1.82, 2.24) is 19.2 Å². The molecule has 172 valence electrons. The zero-order valence-corrected chi connectivity index (χ0v) is 18.9. The molecule has 3 atom stereocenters. The number of H-pyrrole nitrogens is 1. The molecule has 9 nitrogen and oxygen atoms in total. The number of aliphatic hydroxyl groups excluding tert-OH is 1. The third-order valence-corrected chi connectivity index (χ3v) is 7.80. The van der Waals surface area contributed by atoms with E-state index in [2.05, 4.69) is 14.9 Å². The Bertz CT molecular complexity index is 1070. The number of piperidine rings is 1. The van der Waals surface area contributed by atoms with Crippen LogP contribution in [0.25, 0.3) is 0 Å². The SMILES string of the molecule is Cc1ccc(F)c(C(C)[C@H](NS(=O)(=O)N2CCC(C(C)O)CC2)c2n[nH]c(=O)o2)c1C. The van der Waals surface area contributed by atoms with Crippen LogP contribution in [0.15, 0.2) is 21.3 Å². The Labute approximate surface area is 180 Å². The van der Waals surface area contributed by atoms with Gasteiger partial charge in [0.05, 0.1) is 6.10 Å². The first-order valence-corrected chi connectivity index (χ1v) is 11.7. The summed E-state index contributed by atoms with van der Waals surface area (Å²) in [6.45, 7) is 7.45. The molecule has 1 aliphatic rings. The van der Waals surface area contributed by atoms with E-state index in [-0.39, 0.29) is 24.9 Å². The second-order valence-electron chi connectivity index (χ2n) is 8.22. The van der Waals surface area contributed by atoms with Crippen molar-refractivity contribution in [3.05, 3.63) is 51.1 Å². The molecular weight excluding hydrogens is 427 g/mol. The van der Waals surface area contributed by atoms with Crippen LogP contribution < -0.4 is 10.5 Å². The van der Waals surface area contributed by atoms with E-state index in [1.54, 1.807) is 26.8 Å². The van der Waals surface area contributed by atoms with Gasteiger partial charge in [-0.2, -0.15) is 17.4 Å². The lowest BCUT2D eigenvalue weighted by molar-refractivity contribution is 0.0908. The van der Waals surface area contributed by atoms with Crippen LogP contribution in [0.5, 0.6) is 0 Å². The van der Waals surface area contributed by atoms with Gasteiger partial charge < -0.3 is 9.52 Å². The van der Waals surface area contributed by atoms with Gasteiger partial charge in [-0.1, -0.05) is 13.0 Å². The molecule has 0 bridgehead atoms. The summed E-state index contributed by atoms with van der Waals surface area (Å²) in [6, 6.07) is 1.89. The third-order valence-electron chi connectivity index (χ3n) is 6.21. The van der Waals surface area contributed by atoms with Crippen molar-refractivity contribution < 1.29 is 22.3 Å². The van der Waals surface area contributed by atoms with Gasteiger partial charge in [0.1, 0.15) is 11.9 Å². The van der Waals surface area contributed by atoms with Gasteiger partial charge in [-0.3, -0.25) is 0 Å². The van der Waals surface area contributed by atoms with Crippen molar-refractivity contribution in [2.24, 2.45) is 5.92 Å². The van der Waals surface area contributed by atoms with Gasteiger partial charge in [0, 0.05) is 19.0 Å². The number of rotatable bonds is 7. The number of nitrogens with zero attached hydrogens (tertiary/aromatic N) is 2. The Kier molecular flexibility index (Phi) is 6.99. The zero-order chi connectivity index (χ0) is 22.9. The van der Waals surface area contributed by atoms with E-state index in [0.717, 1.165) is 5.56 Å². The summed E-state index contributed by atoms with van der Waals surface area (Å²) < 4.78 is 49.9. The molecule has 2 aromatic rings. The molecule has 31 heavy (non-hydrogen) atoms. The number of aromatic nitrogens is 2. The van der Waals surface area contributed by atoms with Gasteiger partial charge >= 0.3 is 5.76 Å². The molecule has 11 heteroatoms. The highest BCUT2D eigenvalue weighted by Gasteiger charge is 2.36. The number of halogens is 1. The molecule has 0 saturated carbocycles. The van der Waals surface area contributed by atoms with Crippen molar-refractivity contribution in [1.29, 1.82) is 0 Å². The minimum Gasteiger partial charge on any atom is -0.393 e. The van der Waals surface area contributed by atoms with Crippen molar-refractivity contribution in [3.8, 4) is 0 Å². The van der Waals surface area contributed by atoms with E-state index in [0.29, 0.717) is 24.0 Å². The molecule has 3 N–H and O–H groups in total. The first-order chi connectivity index (χ1) is 14.5. The summed E-state index contributed by atoms with van der Waals surface area (Å²) in [4.78, 5) is 11.5. The maximum Gasteiger partial charge on any atom is 0.434 e. The van der Waals surface area contributed by atoms with Crippen molar-refractivity contribution in [3.63, 3.8) is 0 Å². The molecule has 2 heterocycles. The van der Waals surface area contributed by atoms with E-state index in [4.69, 9.17) is 4.42 Å². The molecule has 0 amide bonds. The molecule has 1 aromatic heterocycles. The Morgan fingerprint density at radius 2 is 1.94 bits per heavy atom. The first kappa shape index (κ1) is 23.6. The number of aliphatic hydroxyl groups is 1. The van der Waals surface area contributed by atoms with Crippen molar-refractivity contribution in [2.75, 3.05) is 13.1 Å². The van der Waals surface area contributed by atoms with Crippen LogP contribution in [0.3, 0.4) is 0 Å². The summed E-state index contributed by atoms with van der Waals surface area (Å²) in [5.74, 6) is -2.15. The van der Waals surface area contributed by atoms with Crippen molar-refractivity contribution in [2.45, 2.75) is 58.6 Å². The monoisotopic (exact) mass is 456 g/mol. The molecule has 0 aliphatic carbocycles. The predicted molar refractivity (Wildman–Crippen MR) is 112 cm³/mol. The molecular formula is C20H29FN4O5S. The summed E-state index contributed by atoms with van der Waals surface area (Å²) in [5, 5.41) is 15.7. The van der Waals surface area contributed by atoms with Crippen LogP contribution in [0.2, 0.25) is 0 Å². The quantitative estimate of drug-likeness (QED) is 0.584. The fourth-order valence-corrected chi connectivity index (χ4v) is 5.57. The molecule has 1 fully saturated rings. The summed E-state index contributed by atoms with van der Waals surface area (Å²) in [6.07, 6.45) is 0.556. The molecule has 0 spiro atoms. The number of nitrogens with one attached hydrogen (secondary N) is 2. The largest absolute Gasteiger partial charge is 0.434 e. The Morgan fingerprint density at radius 1 is 1.29 bits per heavy atom. The Hall–Kier alpha value is -2.08. The Balaban J connectivity index is 1.92. The lowest BCUT2D eigenvalue weighted by atomic mass is 9.88. The maximum absolute atomic E-state index is 14.7. The van der Waals surface area contributed by atoms with E-state index in [1.807, 2.05) is 6.92 Å². The highest BCUT2D eigenvalue weighted by atomic mass is 32.2. The molecule has 0 radical (unpaired) electrons. The smallest absolute Gasteiger partial charge is 0.393 e. The number of hydrogen-bond acceptors (Lipinski definition) is 6. The maximum atomic E-state index is 14.7. The Morgan fingerprint density at radius 3 is 2.48 bits per heavy atom. The fraction of sp³-hybridized carbons (Fsp3) is 0.600. The molecule has 1 aliphatic heterocycles. The van der Waals surface area contributed by atoms with Crippen LogP contribution in [0.1, 0.15) is 61.2 Å². The third kappa shape index (κ3) is 5.05. The van der Waals surface area contributed by atoms with Gasteiger partial charge in [0.25, 0.3) is 10.2 Å². The molecule has 1 aromatic carbocycles. The van der Waals surface area contributed by atoms with Gasteiger partial charge in [-0.25, -0.2) is 14.3 Å². The van der Waals surface area contributed by atoms with Gasteiger partial charge in [-0.15, -0.1) is 5.10 Å². The van der Waals surface area contributed by atoms with Crippen LogP contribution >= 0.6 is 0 Å². The highest BCUT2D eigenvalue weighted by molar-refractivity contribution is 7.87. The average Bonchev–Trinajstić information content (AvgIpc) is 3.15. The van der Waals surface area contributed by atoms with Gasteiger partial charge in [0.15, 0.2) is 0 Å². The lowest BCUT2D eigenvalue weighted by Gasteiger charge is -2.34. The van der Waals surface area contributed by atoms with Gasteiger partial charge in [-0.05, 0) is 62.3 Å². The number of aromatic amines is 1. The van der Waals surface area contributed by atoms with E-state index >= 15 is 0 Å².